The molecule has 0 saturated heterocycles. The van der Waals surface area contributed by atoms with Crippen LogP contribution in [0.4, 0.5) is 0 Å². The van der Waals surface area contributed by atoms with Gasteiger partial charge >= 0.3 is 0 Å². The molecule has 0 atom stereocenters. The fourth-order valence-corrected chi connectivity index (χ4v) is 2.91. The van der Waals surface area contributed by atoms with Crippen molar-refractivity contribution in [1.82, 2.24) is 5.32 Å². The van der Waals surface area contributed by atoms with Crippen molar-refractivity contribution in [3.05, 3.63) is 35.4 Å². The first kappa shape index (κ1) is 15.0. The van der Waals surface area contributed by atoms with E-state index in [-0.39, 0.29) is 0 Å². The minimum atomic E-state index is -0.599. The monoisotopic (exact) mass is 276 g/mol. The molecule has 4 heteroatoms. The molecule has 1 aromatic rings. The molecule has 110 valence electrons. The van der Waals surface area contributed by atoms with E-state index >= 15 is 0 Å². The Morgan fingerprint density at radius 3 is 2.50 bits per heavy atom. The first-order valence-corrected chi connectivity index (χ1v) is 7.42. The fourth-order valence-electron chi connectivity index (χ4n) is 2.91. The molecule has 0 aromatic heterocycles. The first-order chi connectivity index (χ1) is 9.61. The zero-order chi connectivity index (χ0) is 14.4. The number of primary amides is 1. The van der Waals surface area contributed by atoms with Crippen molar-refractivity contribution >= 4 is 5.91 Å². The topological polar surface area (TPSA) is 75.4 Å². The summed E-state index contributed by atoms with van der Waals surface area (Å²) in [5.41, 5.74) is 6.20. The smallest absolute Gasteiger partial charge is 0.249 e. The third-order valence-corrected chi connectivity index (χ3v) is 4.09. The number of nitrogens with one attached hydrogen (secondary N) is 1. The Balaban J connectivity index is 1.91. The lowest BCUT2D eigenvalue weighted by atomic mass is 9.94. The highest BCUT2D eigenvalue weighted by Gasteiger charge is 2.27. The molecule has 0 spiro atoms. The maximum atomic E-state index is 11.3. The molecule has 0 heterocycles. The Morgan fingerprint density at radius 2 is 1.85 bits per heavy atom. The number of amides is 1. The van der Waals surface area contributed by atoms with Gasteiger partial charge in [0.25, 0.3) is 0 Å². The van der Waals surface area contributed by atoms with E-state index in [1.807, 2.05) is 18.2 Å². The second-order valence-corrected chi connectivity index (χ2v) is 5.76. The normalized spacial score (nSPS) is 18.4. The van der Waals surface area contributed by atoms with Gasteiger partial charge in [-0.05, 0) is 24.5 Å². The van der Waals surface area contributed by atoms with Gasteiger partial charge in [-0.2, -0.15) is 0 Å². The summed E-state index contributed by atoms with van der Waals surface area (Å²) < 4.78 is 0. The van der Waals surface area contributed by atoms with Crippen molar-refractivity contribution in [2.75, 3.05) is 6.54 Å². The zero-order valence-electron chi connectivity index (χ0n) is 11.9. The van der Waals surface area contributed by atoms with Gasteiger partial charge in [-0.15, -0.1) is 0 Å². The molecule has 0 bridgehead atoms. The molecule has 1 aliphatic rings. The van der Waals surface area contributed by atoms with E-state index in [1.165, 1.54) is 12.8 Å². The summed E-state index contributed by atoms with van der Waals surface area (Å²) in [6.45, 7) is 1.13. The Labute approximate surface area is 120 Å². The minimum Gasteiger partial charge on any atom is -0.389 e. The van der Waals surface area contributed by atoms with Crippen LogP contribution in [0.25, 0.3) is 0 Å². The molecular weight excluding hydrogens is 252 g/mol. The molecule has 1 amide bonds. The van der Waals surface area contributed by atoms with Gasteiger partial charge in [-0.1, -0.05) is 43.9 Å². The van der Waals surface area contributed by atoms with E-state index in [2.05, 4.69) is 5.32 Å². The van der Waals surface area contributed by atoms with Crippen molar-refractivity contribution < 1.29 is 9.90 Å². The largest absolute Gasteiger partial charge is 0.389 e. The summed E-state index contributed by atoms with van der Waals surface area (Å²) in [5, 5.41) is 13.8. The lowest BCUT2D eigenvalue weighted by Crippen LogP contribution is -2.40. The van der Waals surface area contributed by atoms with Gasteiger partial charge in [-0.3, -0.25) is 4.79 Å². The zero-order valence-corrected chi connectivity index (χ0v) is 11.9. The third-order valence-electron chi connectivity index (χ3n) is 4.09. The van der Waals surface area contributed by atoms with Crippen LogP contribution in [0.2, 0.25) is 0 Å². The molecule has 4 N–H and O–H groups in total. The predicted molar refractivity (Wildman–Crippen MR) is 79.3 cm³/mol. The summed E-state index contributed by atoms with van der Waals surface area (Å²) in [6.07, 6.45) is 6.33. The van der Waals surface area contributed by atoms with E-state index in [1.54, 1.807) is 6.07 Å². The first-order valence-electron chi connectivity index (χ1n) is 7.42. The Morgan fingerprint density at radius 1 is 1.20 bits per heavy atom. The van der Waals surface area contributed by atoms with Crippen LogP contribution in [0, 0.1) is 0 Å². The van der Waals surface area contributed by atoms with Gasteiger partial charge in [-0.25, -0.2) is 0 Å². The number of carbonyl (C=O) groups excluding carboxylic acids is 1. The molecule has 1 fully saturated rings. The number of hydrogen-bond donors (Lipinski definition) is 3. The summed E-state index contributed by atoms with van der Waals surface area (Å²) in [6, 6.07) is 7.33. The van der Waals surface area contributed by atoms with Crippen LogP contribution in [0.15, 0.2) is 24.3 Å². The Bertz CT molecular complexity index is 452. The molecule has 0 unspecified atom stereocenters. The molecule has 0 aliphatic heterocycles. The number of aliphatic hydroxyl groups is 1. The summed E-state index contributed by atoms with van der Waals surface area (Å²) in [7, 11) is 0. The maximum absolute atomic E-state index is 11.3. The lowest BCUT2D eigenvalue weighted by molar-refractivity contribution is 0.0250. The number of nitrogens with two attached hydrogens (primary N) is 1. The van der Waals surface area contributed by atoms with E-state index in [0.717, 1.165) is 31.2 Å². The molecular formula is C16H24N2O2. The van der Waals surface area contributed by atoms with Gasteiger partial charge in [0.2, 0.25) is 5.91 Å². The second-order valence-electron chi connectivity index (χ2n) is 5.76. The van der Waals surface area contributed by atoms with Gasteiger partial charge in [0.1, 0.15) is 0 Å². The van der Waals surface area contributed by atoms with Crippen molar-refractivity contribution in [2.24, 2.45) is 5.73 Å². The van der Waals surface area contributed by atoms with Crippen molar-refractivity contribution in [1.29, 1.82) is 0 Å². The summed E-state index contributed by atoms with van der Waals surface area (Å²) >= 11 is 0. The summed E-state index contributed by atoms with van der Waals surface area (Å²) in [5.74, 6) is -0.407. The minimum absolute atomic E-state index is 0.407. The van der Waals surface area contributed by atoms with Crippen molar-refractivity contribution in [2.45, 2.75) is 50.7 Å². The van der Waals surface area contributed by atoms with Crippen LogP contribution >= 0.6 is 0 Å². The molecule has 1 aliphatic carbocycles. The van der Waals surface area contributed by atoms with E-state index in [4.69, 9.17) is 5.73 Å². The quantitative estimate of drug-likeness (QED) is 0.720. The van der Waals surface area contributed by atoms with Gasteiger partial charge in [0.05, 0.1) is 5.60 Å². The predicted octanol–water partition coefficient (Wildman–Crippen LogP) is 1.96. The van der Waals surface area contributed by atoms with E-state index in [9.17, 15) is 9.90 Å². The number of benzene rings is 1. The van der Waals surface area contributed by atoms with Crippen LogP contribution in [0.1, 0.15) is 54.4 Å². The molecule has 2 rings (SSSR count). The number of hydrogen-bond acceptors (Lipinski definition) is 3. The average molecular weight is 276 g/mol. The van der Waals surface area contributed by atoms with Crippen molar-refractivity contribution in [3.8, 4) is 0 Å². The Kier molecular flexibility index (Phi) is 5.15. The van der Waals surface area contributed by atoms with Crippen LogP contribution in [-0.4, -0.2) is 23.2 Å². The number of carbonyl (C=O) groups is 1. The molecule has 0 radical (unpaired) electrons. The van der Waals surface area contributed by atoms with E-state index in [0.29, 0.717) is 18.7 Å². The van der Waals surface area contributed by atoms with Crippen LogP contribution in [-0.2, 0) is 6.54 Å². The van der Waals surface area contributed by atoms with Gasteiger partial charge in [0.15, 0.2) is 0 Å². The second kappa shape index (κ2) is 6.86. The average Bonchev–Trinajstić information content (AvgIpc) is 2.64. The molecule has 4 nitrogen and oxygen atoms in total. The number of rotatable bonds is 5. The van der Waals surface area contributed by atoms with Gasteiger partial charge in [0, 0.05) is 18.7 Å². The van der Waals surface area contributed by atoms with Crippen LogP contribution in [0.3, 0.4) is 0 Å². The SMILES string of the molecule is NC(=O)c1ccccc1CNCC1(O)CCCCCC1. The highest BCUT2D eigenvalue weighted by atomic mass is 16.3. The molecule has 20 heavy (non-hydrogen) atoms. The summed E-state index contributed by atoms with van der Waals surface area (Å²) in [4.78, 5) is 11.3. The molecule has 1 saturated carbocycles. The maximum Gasteiger partial charge on any atom is 0.249 e. The van der Waals surface area contributed by atoms with Crippen LogP contribution < -0.4 is 11.1 Å². The lowest BCUT2D eigenvalue weighted by Gasteiger charge is -2.27. The van der Waals surface area contributed by atoms with E-state index < -0.39 is 11.5 Å². The highest BCUT2D eigenvalue weighted by Crippen LogP contribution is 2.26. The fraction of sp³-hybridized carbons (Fsp3) is 0.562. The third kappa shape index (κ3) is 4.05. The Hall–Kier alpha value is -1.39. The van der Waals surface area contributed by atoms with Crippen LogP contribution in [0.5, 0.6) is 0 Å². The standard InChI is InChI=1S/C16H24N2O2/c17-15(19)14-8-4-3-7-13(14)11-18-12-16(20)9-5-1-2-6-10-16/h3-4,7-8,18,20H,1-2,5-6,9-12H2,(H2,17,19). The molecule has 1 aromatic carbocycles. The highest BCUT2D eigenvalue weighted by molar-refractivity contribution is 5.94. The van der Waals surface area contributed by atoms with Crippen molar-refractivity contribution in [3.63, 3.8) is 0 Å². The van der Waals surface area contributed by atoms with Gasteiger partial charge < -0.3 is 16.2 Å².